The highest BCUT2D eigenvalue weighted by Gasteiger charge is 2.29. The molecule has 1 N–H and O–H groups in total. The van der Waals surface area contributed by atoms with Crippen LogP contribution in [-0.4, -0.2) is 22.7 Å². The van der Waals surface area contributed by atoms with Gasteiger partial charge in [-0.3, -0.25) is 4.79 Å². The maximum Gasteiger partial charge on any atom is 0.335 e. The first-order valence-electron chi connectivity index (χ1n) is 6.96. The zero-order chi connectivity index (χ0) is 16.6. The van der Waals surface area contributed by atoms with Crippen LogP contribution in [0.15, 0.2) is 46.4 Å². The van der Waals surface area contributed by atoms with E-state index in [4.69, 9.17) is 5.11 Å². The van der Waals surface area contributed by atoms with E-state index < -0.39 is 5.97 Å². The quantitative estimate of drug-likeness (QED) is 0.877. The molecule has 1 aliphatic heterocycles. The number of carboxylic acid groups (broad SMARTS) is 1. The van der Waals surface area contributed by atoms with E-state index in [0.29, 0.717) is 17.0 Å². The summed E-state index contributed by atoms with van der Waals surface area (Å²) >= 11 is 1.56. The highest BCUT2D eigenvalue weighted by Crippen LogP contribution is 2.27. The van der Waals surface area contributed by atoms with E-state index in [0.717, 1.165) is 10.4 Å². The minimum Gasteiger partial charge on any atom is -0.478 e. The summed E-state index contributed by atoms with van der Waals surface area (Å²) in [5.74, 6) is -1.29. The van der Waals surface area contributed by atoms with Crippen molar-refractivity contribution in [3.63, 3.8) is 0 Å². The minimum absolute atomic E-state index is 0.120. The normalized spacial score (nSPS) is 16.1. The molecule has 1 aromatic heterocycles. The SMILES string of the molecule is CC1=NN(c2cccc(C(=O)O)c2)C(=O)C1=Cc1sccc1C. The van der Waals surface area contributed by atoms with Crippen molar-refractivity contribution < 1.29 is 14.7 Å². The largest absolute Gasteiger partial charge is 0.478 e. The Kier molecular flexibility index (Phi) is 3.83. The first-order valence-corrected chi connectivity index (χ1v) is 7.84. The van der Waals surface area contributed by atoms with Crippen molar-refractivity contribution in [2.45, 2.75) is 13.8 Å². The molecule has 6 heteroatoms. The Hall–Kier alpha value is -2.73. The zero-order valence-electron chi connectivity index (χ0n) is 12.6. The Bertz CT molecular complexity index is 864. The number of rotatable bonds is 3. The average Bonchev–Trinajstić information content (AvgIpc) is 3.06. The number of nitrogens with zero attached hydrogens (tertiary/aromatic N) is 2. The zero-order valence-corrected chi connectivity index (χ0v) is 13.4. The molecule has 1 aliphatic rings. The van der Waals surface area contributed by atoms with Crippen molar-refractivity contribution in [2.24, 2.45) is 5.10 Å². The van der Waals surface area contributed by atoms with Crippen LogP contribution < -0.4 is 5.01 Å². The van der Waals surface area contributed by atoms with Gasteiger partial charge in [-0.1, -0.05) is 6.07 Å². The highest BCUT2D eigenvalue weighted by molar-refractivity contribution is 7.11. The van der Waals surface area contributed by atoms with Gasteiger partial charge in [-0.15, -0.1) is 11.3 Å². The molecular formula is C17H14N2O3S. The van der Waals surface area contributed by atoms with E-state index in [1.54, 1.807) is 30.4 Å². The summed E-state index contributed by atoms with van der Waals surface area (Å²) in [5, 5.41) is 16.6. The van der Waals surface area contributed by atoms with Crippen molar-refractivity contribution >= 4 is 40.7 Å². The number of hydrogen-bond acceptors (Lipinski definition) is 4. The van der Waals surface area contributed by atoms with Crippen molar-refractivity contribution in [1.82, 2.24) is 0 Å². The molecule has 3 rings (SSSR count). The fourth-order valence-corrected chi connectivity index (χ4v) is 3.15. The number of aryl methyl sites for hydroxylation is 1. The van der Waals surface area contributed by atoms with Gasteiger partial charge in [-0.2, -0.15) is 10.1 Å². The first-order chi connectivity index (χ1) is 11.0. The van der Waals surface area contributed by atoms with E-state index in [1.807, 2.05) is 24.4 Å². The third-order valence-corrected chi connectivity index (χ3v) is 4.54. The van der Waals surface area contributed by atoms with Gasteiger partial charge in [0.15, 0.2) is 0 Å². The second-order valence-electron chi connectivity index (χ2n) is 5.18. The summed E-state index contributed by atoms with van der Waals surface area (Å²) in [5.41, 5.74) is 2.81. The molecule has 0 saturated heterocycles. The molecule has 0 unspecified atom stereocenters. The Balaban J connectivity index is 1.97. The molecule has 2 heterocycles. The Morgan fingerprint density at radius 2 is 2.09 bits per heavy atom. The topological polar surface area (TPSA) is 70.0 Å². The van der Waals surface area contributed by atoms with Crippen LogP contribution in [0.2, 0.25) is 0 Å². The molecule has 0 saturated carbocycles. The molecule has 5 nitrogen and oxygen atoms in total. The molecule has 23 heavy (non-hydrogen) atoms. The van der Waals surface area contributed by atoms with Crippen LogP contribution in [-0.2, 0) is 4.79 Å². The van der Waals surface area contributed by atoms with Crippen LogP contribution in [0.25, 0.3) is 6.08 Å². The lowest BCUT2D eigenvalue weighted by atomic mass is 10.1. The second-order valence-corrected chi connectivity index (χ2v) is 6.13. The summed E-state index contributed by atoms with van der Waals surface area (Å²) in [7, 11) is 0. The predicted octanol–water partition coefficient (Wildman–Crippen LogP) is 3.56. The number of benzene rings is 1. The van der Waals surface area contributed by atoms with Crippen LogP contribution in [0, 0.1) is 6.92 Å². The maximum absolute atomic E-state index is 12.6. The molecule has 2 aromatic rings. The molecular weight excluding hydrogens is 312 g/mol. The van der Waals surface area contributed by atoms with Crippen molar-refractivity contribution in [2.75, 3.05) is 5.01 Å². The standard InChI is InChI=1S/C17H14N2O3S/c1-10-6-7-23-15(10)9-14-11(2)18-19(16(14)20)13-5-3-4-12(8-13)17(21)22/h3-9H,1-2H3,(H,21,22). The second kappa shape index (κ2) is 5.81. The Morgan fingerprint density at radius 3 is 2.74 bits per heavy atom. The van der Waals surface area contributed by atoms with Gasteiger partial charge in [0.25, 0.3) is 5.91 Å². The number of amides is 1. The Labute approximate surface area is 137 Å². The van der Waals surface area contributed by atoms with E-state index in [9.17, 15) is 9.59 Å². The van der Waals surface area contributed by atoms with E-state index in [2.05, 4.69) is 5.10 Å². The third-order valence-electron chi connectivity index (χ3n) is 3.58. The number of hydrazone groups is 1. The summed E-state index contributed by atoms with van der Waals surface area (Å²) < 4.78 is 0. The van der Waals surface area contributed by atoms with Gasteiger partial charge in [0.1, 0.15) is 0 Å². The molecule has 0 aliphatic carbocycles. The van der Waals surface area contributed by atoms with Crippen LogP contribution in [0.3, 0.4) is 0 Å². The number of carboxylic acids is 1. The van der Waals surface area contributed by atoms with Crippen molar-refractivity contribution in [3.05, 3.63) is 57.3 Å². The Morgan fingerprint density at radius 1 is 1.30 bits per heavy atom. The number of aromatic carboxylic acids is 1. The van der Waals surface area contributed by atoms with Crippen molar-refractivity contribution in [1.29, 1.82) is 0 Å². The maximum atomic E-state index is 12.6. The number of hydrogen-bond donors (Lipinski definition) is 1. The lowest BCUT2D eigenvalue weighted by Crippen LogP contribution is -2.21. The smallest absolute Gasteiger partial charge is 0.335 e. The number of anilines is 1. The van der Waals surface area contributed by atoms with Gasteiger partial charge in [0, 0.05) is 4.88 Å². The summed E-state index contributed by atoms with van der Waals surface area (Å²) in [6.07, 6.45) is 1.84. The fourth-order valence-electron chi connectivity index (χ4n) is 2.29. The molecule has 1 aromatic carbocycles. The first kappa shape index (κ1) is 15.2. The molecule has 0 fully saturated rings. The van der Waals surface area contributed by atoms with Crippen LogP contribution in [0.4, 0.5) is 5.69 Å². The van der Waals surface area contributed by atoms with E-state index >= 15 is 0 Å². The molecule has 116 valence electrons. The van der Waals surface area contributed by atoms with Gasteiger partial charge in [0.2, 0.25) is 0 Å². The van der Waals surface area contributed by atoms with Gasteiger partial charge >= 0.3 is 5.97 Å². The summed E-state index contributed by atoms with van der Waals surface area (Å²) in [4.78, 5) is 24.7. The average molecular weight is 326 g/mol. The summed E-state index contributed by atoms with van der Waals surface area (Å²) in [6.45, 7) is 3.76. The fraction of sp³-hybridized carbons (Fsp3) is 0.118. The van der Waals surface area contributed by atoms with Crippen molar-refractivity contribution in [3.8, 4) is 0 Å². The van der Waals surface area contributed by atoms with E-state index in [-0.39, 0.29) is 11.5 Å². The highest BCUT2D eigenvalue weighted by atomic mass is 32.1. The number of thiophene rings is 1. The minimum atomic E-state index is -1.04. The van der Waals surface area contributed by atoms with Gasteiger partial charge in [-0.05, 0) is 55.1 Å². The van der Waals surface area contributed by atoms with Gasteiger partial charge < -0.3 is 5.11 Å². The van der Waals surface area contributed by atoms with Crippen LogP contribution >= 0.6 is 11.3 Å². The monoisotopic (exact) mass is 326 g/mol. The lowest BCUT2D eigenvalue weighted by Gasteiger charge is -2.12. The van der Waals surface area contributed by atoms with E-state index in [1.165, 1.54) is 17.1 Å². The molecule has 0 atom stereocenters. The lowest BCUT2D eigenvalue weighted by molar-refractivity contribution is -0.114. The molecule has 0 radical (unpaired) electrons. The number of carbonyl (C=O) groups is 2. The molecule has 1 amide bonds. The predicted molar refractivity (Wildman–Crippen MR) is 91.0 cm³/mol. The summed E-state index contributed by atoms with van der Waals surface area (Å²) in [6, 6.07) is 8.19. The van der Waals surface area contributed by atoms with Crippen LogP contribution in [0.1, 0.15) is 27.7 Å². The van der Waals surface area contributed by atoms with Gasteiger partial charge in [0.05, 0.1) is 22.5 Å². The third kappa shape index (κ3) is 2.80. The van der Waals surface area contributed by atoms with Crippen LogP contribution in [0.5, 0.6) is 0 Å². The molecule has 0 spiro atoms. The number of carbonyl (C=O) groups excluding carboxylic acids is 1. The van der Waals surface area contributed by atoms with Gasteiger partial charge in [-0.25, -0.2) is 4.79 Å². The molecule has 0 bridgehead atoms.